The predicted octanol–water partition coefficient (Wildman–Crippen LogP) is 2.49. The van der Waals surface area contributed by atoms with Gasteiger partial charge in [-0.1, -0.05) is 27.7 Å². The molecule has 0 fully saturated rings. The monoisotopic (exact) mass is 382 g/mol. The molecule has 0 rings (SSSR count). The minimum atomic E-state index is -0.0432. The number of carbonyl (C=O) groups is 1. The van der Waals surface area contributed by atoms with Crippen molar-refractivity contribution in [1.82, 2.24) is 10.6 Å². The lowest BCUT2D eigenvalue weighted by Crippen LogP contribution is -2.31. The molecule has 26 heavy (non-hydrogen) atoms. The van der Waals surface area contributed by atoms with Gasteiger partial charge < -0.3 is 29.6 Å². The maximum Gasteiger partial charge on any atom is 0.216 e. The van der Waals surface area contributed by atoms with Crippen LogP contribution in [0.25, 0.3) is 0 Å². The smallest absolute Gasteiger partial charge is 0.216 e. The van der Waals surface area contributed by atoms with Gasteiger partial charge in [0.2, 0.25) is 5.91 Å². The molecule has 0 aromatic carbocycles. The molecule has 0 radical (unpaired) electrons. The number of carbonyl (C=O) groups excluding carboxylic acids is 1. The van der Waals surface area contributed by atoms with E-state index in [1.54, 1.807) is 0 Å². The van der Waals surface area contributed by atoms with Gasteiger partial charge in [0.25, 0.3) is 0 Å². The molecule has 0 bridgehead atoms. The molecule has 162 valence electrons. The van der Waals surface area contributed by atoms with Crippen LogP contribution in [0.1, 0.15) is 50.3 Å². The largest absolute Gasteiger partial charge is 0.378 e. The third kappa shape index (κ3) is 23.3. The third-order valence-electron chi connectivity index (χ3n) is 3.40. The summed E-state index contributed by atoms with van der Waals surface area (Å²) >= 11 is 0. The van der Waals surface area contributed by atoms with Crippen LogP contribution in [-0.4, -0.2) is 77.9 Å². The second kappa shape index (κ2) is 24.3. The number of ether oxygens (including phenoxy) is 4. The average molecular weight is 383 g/mol. The summed E-state index contributed by atoms with van der Waals surface area (Å²) in [6.45, 7) is 15.8. The van der Waals surface area contributed by atoms with Gasteiger partial charge in [0.15, 0.2) is 0 Å². The third-order valence-corrected chi connectivity index (χ3v) is 3.40. The zero-order valence-corrected chi connectivity index (χ0v) is 17.6. The highest BCUT2D eigenvalue weighted by Gasteiger charge is 2.00. The second-order valence-electron chi connectivity index (χ2n) is 5.40. The molecule has 7 nitrogen and oxygen atoms in total. The van der Waals surface area contributed by atoms with Crippen molar-refractivity contribution in [3.05, 3.63) is 0 Å². The van der Waals surface area contributed by atoms with E-state index in [0.29, 0.717) is 65.4 Å². The Bertz CT molecular complexity index is 287. The summed E-state index contributed by atoms with van der Waals surface area (Å²) in [5, 5.41) is 6.11. The van der Waals surface area contributed by atoms with Gasteiger partial charge in [-0.05, 0) is 12.8 Å². The molecule has 0 aliphatic carbocycles. The molecule has 0 aliphatic heterocycles. The lowest BCUT2D eigenvalue weighted by Gasteiger charge is -2.14. The Morgan fingerprint density at radius 1 is 0.769 bits per heavy atom. The number of hydrogen-bond donors (Lipinski definition) is 2. The normalized spacial score (nSPS) is 10.5. The van der Waals surface area contributed by atoms with Crippen LogP contribution in [0, 0.1) is 0 Å². The van der Waals surface area contributed by atoms with Gasteiger partial charge in [-0.2, -0.15) is 0 Å². The molecule has 0 aromatic heterocycles. The van der Waals surface area contributed by atoms with E-state index >= 15 is 0 Å². The van der Waals surface area contributed by atoms with Crippen LogP contribution in [0.15, 0.2) is 0 Å². The summed E-state index contributed by atoms with van der Waals surface area (Å²) < 4.78 is 21.6. The summed E-state index contributed by atoms with van der Waals surface area (Å²) in [6.07, 6.45) is 2.31. The summed E-state index contributed by atoms with van der Waals surface area (Å²) in [5.74, 6) is -0.0432. The Morgan fingerprint density at radius 3 is 1.54 bits per heavy atom. The summed E-state index contributed by atoms with van der Waals surface area (Å²) in [6, 6.07) is 0.594. The molecule has 0 atom stereocenters. The number of amides is 1. The van der Waals surface area contributed by atoms with Crippen molar-refractivity contribution >= 4 is 5.91 Å². The molecule has 0 saturated carbocycles. The van der Waals surface area contributed by atoms with E-state index in [4.69, 9.17) is 18.9 Å². The van der Waals surface area contributed by atoms with Crippen molar-refractivity contribution in [1.29, 1.82) is 0 Å². The standard InChI is InChI=1S/C17H36N2O5.C2H6.2H2/c1-4-17(5-2)19-7-9-22-11-13-24-15-14-23-12-10-21-8-6-18-16(3)20;1-2;;/h17,19H,4-15H2,1-3H3,(H,18,20);1-2H3;2*1H. The van der Waals surface area contributed by atoms with Gasteiger partial charge in [0.05, 0.1) is 52.9 Å². The molecule has 0 aliphatic rings. The van der Waals surface area contributed by atoms with Crippen LogP contribution >= 0.6 is 0 Å². The Morgan fingerprint density at radius 2 is 1.15 bits per heavy atom. The Labute approximate surface area is 163 Å². The number of nitrogens with one attached hydrogen (secondary N) is 2. The maximum atomic E-state index is 10.6. The zero-order chi connectivity index (χ0) is 19.9. The topological polar surface area (TPSA) is 78.1 Å². The van der Waals surface area contributed by atoms with Gasteiger partial charge >= 0.3 is 0 Å². The van der Waals surface area contributed by atoms with Crippen LogP contribution in [0.4, 0.5) is 0 Å². The highest BCUT2D eigenvalue weighted by molar-refractivity contribution is 5.72. The fourth-order valence-electron chi connectivity index (χ4n) is 1.97. The Kier molecular flexibility index (Phi) is 25.7. The molecule has 2 N–H and O–H groups in total. The first-order valence-electron chi connectivity index (χ1n) is 9.99. The van der Waals surface area contributed by atoms with E-state index in [0.717, 1.165) is 19.4 Å². The molecule has 0 aromatic rings. The summed E-state index contributed by atoms with van der Waals surface area (Å²) in [5.41, 5.74) is 0. The van der Waals surface area contributed by atoms with E-state index in [9.17, 15) is 4.79 Å². The maximum absolute atomic E-state index is 10.6. The average Bonchev–Trinajstić information content (AvgIpc) is 2.66. The lowest BCUT2D eigenvalue weighted by molar-refractivity contribution is -0.119. The first kappa shape index (κ1) is 27.5. The first-order chi connectivity index (χ1) is 12.7. The van der Waals surface area contributed by atoms with Crippen LogP contribution in [0.5, 0.6) is 0 Å². The molecule has 0 saturated heterocycles. The second-order valence-corrected chi connectivity index (χ2v) is 5.40. The molecule has 7 heteroatoms. The minimum absolute atomic E-state index is 0. The van der Waals surface area contributed by atoms with Crippen LogP contribution in [0.2, 0.25) is 0 Å². The van der Waals surface area contributed by atoms with E-state index in [-0.39, 0.29) is 8.76 Å². The Balaban J connectivity index is -0.000000695. The van der Waals surface area contributed by atoms with Gasteiger partial charge in [0, 0.05) is 28.9 Å². The molecular weight excluding hydrogens is 336 g/mol. The number of rotatable bonds is 18. The first-order valence-corrected chi connectivity index (χ1v) is 9.99. The zero-order valence-electron chi connectivity index (χ0n) is 17.6. The summed E-state index contributed by atoms with van der Waals surface area (Å²) in [7, 11) is 0. The van der Waals surface area contributed by atoms with Crippen molar-refractivity contribution in [2.24, 2.45) is 0 Å². The van der Waals surface area contributed by atoms with Crippen LogP contribution in [-0.2, 0) is 23.7 Å². The van der Waals surface area contributed by atoms with Crippen molar-refractivity contribution < 1.29 is 26.6 Å². The SMILES string of the molecule is CC.CCC(CC)NCCOCCOCCOCCOCCNC(C)=O.[HH].[HH]. The van der Waals surface area contributed by atoms with E-state index in [1.807, 2.05) is 13.8 Å². The molecule has 0 unspecified atom stereocenters. The highest BCUT2D eigenvalue weighted by atomic mass is 16.6. The van der Waals surface area contributed by atoms with E-state index < -0.39 is 0 Å². The highest BCUT2D eigenvalue weighted by Crippen LogP contribution is 1.94. The predicted molar refractivity (Wildman–Crippen MR) is 110 cm³/mol. The van der Waals surface area contributed by atoms with Crippen molar-refractivity contribution in [2.45, 2.75) is 53.5 Å². The van der Waals surface area contributed by atoms with Crippen LogP contribution < -0.4 is 10.6 Å². The summed E-state index contributed by atoms with van der Waals surface area (Å²) in [4.78, 5) is 10.6. The molecular formula is C19H46N2O5. The van der Waals surface area contributed by atoms with E-state index in [2.05, 4.69) is 24.5 Å². The fraction of sp³-hybridized carbons (Fsp3) is 0.947. The van der Waals surface area contributed by atoms with Gasteiger partial charge in [-0.15, -0.1) is 0 Å². The van der Waals surface area contributed by atoms with E-state index in [1.165, 1.54) is 6.92 Å². The van der Waals surface area contributed by atoms with Crippen molar-refractivity contribution in [2.75, 3.05) is 65.9 Å². The lowest BCUT2D eigenvalue weighted by atomic mass is 10.2. The molecule has 1 amide bonds. The van der Waals surface area contributed by atoms with Gasteiger partial charge in [-0.25, -0.2) is 0 Å². The quantitative estimate of drug-likeness (QED) is 0.355. The van der Waals surface area contributed by atoms with Gasteiger partial charge in [-0.3, -0.25) is 4.79 Å². The van der Waals surface area contributed by atoms with Crippen LogP contribution in [0.3, 0.4) is 0 Å². The van der Waals surface area contributed by atoms with Gasteiger partial charge in [0.1, 0.15) is 0 Å². The Hall–Kier alpha value is -0.730. The molecule has 0 heterocycles. The number of hydrogen-bond acceptors (Lipinski definition) is 6. The fourth-order valence-corrected chi connectivity index (χ4v) is 1.97. The minimum Gasteiger partial charge on any atom is -0.378 e. The molecule has 0 spiro atoms. The van der Waals surface area contributed by atoms with Crippen molar-refractivity contribution in [3.63, 3.8) is 0 Å². The van der Waals surface area contributed by atoms with Crippen molar-refractivity contribution in [3.8, 4) is 0 Å².